The number of esters is 1. The molecule has 1 heterocycles. The maximum absolute atomic E-state index is 11.9. The fourth-order valence-corrected chi connectivity index (χ4v) is 10.3. The Bertz CT molecular complexity index is 894. The summed E-state index contributed by atoms with van der Waals surface area (Å²) in [5.74, 6) is 6.70. The smallest absolute Gasteiger partial charge is 0.360 e. The molecule has 4 fully saturated rings. The Kier molecular flexibility index (Phi) is 7.14. The highest BCUT2D eigenvalue weighted by atomic mass is 16.5. The van der Waals surface area contributed by atoms with E-state index in [0.29, 0.717) is 29.0 Å². The van der Waals surface area contributed by atoms with Crippen LogP contribution in [0, 0.1) is 52.3 Å². The number of hydrogen-bond donors (Lipinski definition) is 0. The van der Waals surface area contributed by atoms with Crippen LogP contribution in [0.25, 0.3) is 0 Å². The van der Waals surface area contributed by atoms with Gasteiger partial charge in [0.2, 0.25) is 0 Å². The molecule has 9 atom stereocenters. The van der Waals surface area contributed by atoms with Gasteiger partial charge in [0.05, 0.1) is 6.61 Å². The molecule has 0 saturated heterocycles. The van der Waals surface area contributed by atoms with Gasteiger partial charge in [0.15, 0.2) is 5.69 Å². The second kappa shape index (κ2) is 9.86. The van der Waals surface area contributed by atoms with Crippen molar-refractivity contribution in [1.29, 1.82) is 0 Å². The van der Waals surface area contributed by atoms with Crippen molar-refractivity contribution in [2.75, 3.05) is 6.61 Å². The van der Waals surface area contributed by atoms with E-state index in [-0.39, 0.29) is 5.97 Å². The first-order valence-electron chi connectivity index (χ1n) is 14.9. The summed E-state index contributed by atoms with van der Waals surface area (Å²) in [6, 6.07) is 1.78. The molecule has 0 bridgehead atoms. The number of fused-ring (bicyclic) bond motifs is 5. The normalized spacial score (nSPS) is 41.5. The van der Waals surface area contributed by atoms with Gasteiger partial charge in [-0.05, 0) is 111 Å². The van der Waals surface area contributed by atoms with Crippen molar-refractivity contribution in [2.24, 2.45) is 52.3 Å². The van der Waals surface area contributed by atoms with Crippen LogP contribution < -0.4 is 0 Å². The van der Waals surface area contributed by atoms with Crippen LogP contribution in [0.15, 0.2) is 10.6 Å². The molecule has 4 heteroatoms. The molecule has 4 aliphatic rings. The molecule has 0 N–H and O–H groups in total. The monoisotopic (exact) mass is 483 g/mol. The number of carbonyl (C=O) groups excluding carboxylic acids is 1. The second-order valence-electron chi connectivity index (χ2n) is 13.3. The minimum absolute atomic E-state index is 0.304. The number of ether oxygens (including phenoxy) is 1. The lowest BCUT2D eigenvalue weighted by Crippen LogP contribution is -2.55. The van der Waals surface area contributed by atoms with Crippen molar-refractivity contribution in [3.8, 4) is 0 Å². The average Bonchev–Trinajstić information content (AvgIpc) is 3.46. The molecule has 35 heavy (non-hydrogen) atoms. The third-order valence-corrected chi connectivity index (χ3v) is 11.9. The summed E-state index contributed by atoms with van der Waals surface area (Å²) in [6.07, 6.45) is 16.5. The zero-order valence-corrected chi connectivity index (χ0v) is 23.0. The molecule has 0 amide bonds. The molecule has 0 spiro atoms. The lowest BCUT2D eigenvalue weighted by molar-refractivity contribution is -0.138. The van der Waals surface area contributed by atoms with Crippen molar-refractivity contribution >= 4 is 5.97 Å². The van der Waals surface area contributed by atoms with E-state index in [1.807, 2.05) is 6.92 Å². The first kappa shape index (κ1) is 25.3. The fourth-order valence-electron chi connectivity index (χ4n) is 10.3. The minimum atomic E-state index is -0.384. The molecule has 1 aromatic heterocycles. The van der Waals surface area contributed by atoms with Gasteiger partial charge in [-0.15, -0.1) is 0 Å². The van der Waals surface area contributed by atoms with Gasteiger partial charge in [-0.2, -0.15) is 0 Å². The van der Waals surface area contributed by atoms with Crippen molar-refractivity contribution in [3.05, 3.63) is 17.5 Å². The number of hydrogen-bond acceptors (Lipinski definition) is 4. The third-order valence-electron chi connectivity index (χ3n) is 11.9. The van der Waals surface area contributed by atoms with Crippen LogP contribution in [0.5, 0.6) is 0 Å². The van der Waals surface area contributed by atoms with Gasteiger partial charge in [0.25, 0.3) is 0 Å². The van der Waals surface area contributed by atoms with Crippen LogP contribution in [0.2, 0.25) is 0 Å². The van der Waals surface area contributed by atoms with Crippen molar-refractivity contribution < 1.29 is 14.1 Å². The third kappa shape index (κ3) is 4.29. The van der Waals surface area contributed by atoms with Gasteiger partial charge in [0.1, 0.15) is 5.76 Å². The quantitative estimate of drug-likeness (QED) is 0.368. The number of aryl methyl sites for hydroxylation is 1. The predicted octanol–water partition coefficient (Wildman–Crippen LogP) is 8.11. The van der Waals surface area contributed by atoms with Crippen LogP contribution in [-0.4, -0.2) is 17.7 Å². The summed E-state index contributed by atoms with van der Waals surface area (Å²) in [7, 11) is 0. The molecule has 1 aromatic rings. The summed E-state index contributed by atoms with van der Waals surface area (Å²) in [6.45, 7) is 12.5. The van der Waals surface area contributed by atoms with E-state index in [1.165, 1.54) is 64.2 Å². The van der Waals surface area contributed by atoms with Gasteiger partial charge in [-0.1, -0.05) is 52.1 Å². The van der Waals surface area contributed by atoms with Gasteiger partial charge in [-0.25, -0.2) is 4.79 Å². The lowest BCUT2D eigenvalue weighted by atomic mass is 9.42. The summed E-state index contributed by atoms with van der Waals surface area (Å²) in [5.41, 5.74) is 1.40. The Labute approximate surface area is 213 Å². The van der Waals surface area contributed by atoms with Crippen LogP contribution in [-0.2, 0) is 11.2 Å². The molecular formula is C31H49NO3. The number of nitrogens with zero attached hydrogens (tertiary/aromatic N) is 1. The van der Waals surface area contributed by atoms with Crippen LogP contribution in [0.4, 0.5) is 0 Å². The Morgan fingerprint density at radius 1 is 1.09 bits per heavy atom. The maximum atomic E-state index is 11.9. The maximum Gasteiger partial charge on any atom is 0.360 e. The number of rotatable bonds is 7. The summed E-state index contributed by atoms with van der Waals surface area (Å²) >= 11 is 0. The van der Waals surface area contributed by atoms with E-state index < -0.39 is 0 Å². The highest BCUT2D eigenvalue weighted by Gasteiger charge is 2.61. The van der Waals surface area contributed by atoms with Crippen molar-refractivity contribution in [3.63, 3.8) is 0 Å². The van der Waals surface area contributed by atoms with Crippen LogP contribution in [0.3, 0.4) is 0 Å². The average molecular weight is 484 g/mol. The largest absolute Gasteiger partial charge is 0.461 e. The molecule has 4 nitrogen and oxygen atoms in total. The molecule has 0 radical (unpaired) electrons. The lowest BCUT2D eigenvalue weighted by Gasteiger charge is -2.63. The Balaban J connectivity index is 1.27. The molecule has 0 unspecified atom stereocenters. The molecular weight excluding hydrogens is 434 g/mol. The Hall–Kier alpha value is -1.32. The molecule has 4 aliphatic carbocycles. The SMILES string of the molecule is CCOC(=O)c1cc(CC[C@@H](C)[C@H]2CC[C@H]3[C@@H]4C[C@H](CC)[C@@H]5CCCC[C@]5(C)[C@H]4CC[C@]23C)on1. The van der Waals surface area contributed by atoms with Gasteiger partial charge in [-0.3, -0.25) is 0 Å². The van der Waals surface area contributed by atoms with Crippen LogP contribution >= 0.6 is 0 Å². The van der Waals surface area contributed by atoms with Crippen molar-refractivity contribution in [2.45, 2.75) is 112 Å². The first-order valence-corrected chi connectivity index (χ1v) is 14.9. The fraction of sp³-hybridized carbons (Fsp3) is 0.871. The van der Waals surface area contributed by atoms with E-state index in [9.17, 15) is 4.79 Å². The molecule has 4 saturated carbocycles. The summed E-state index contributed by atoms with van der Waals surface area (Å²) in [4.78, 5) is 11.9. The topological polar surface area (TPSA) is 52.3 Å². The van der Waals surface area contributed by atoms with Crippen molar-refractivity contribution in [1.82, 2.24) is 5.16 Å². The van der Waals surface area contributed by atoms with Gasteiger partial charge in [0, 0.05) is 12.5 Å². The highest BCUT2D eigenvalue weighted by Crippen LogP contribution is 2.69. The van der Waals surface area contributed by atoms with E-state index in [2.05, 4.69) is 32.9 Å². The molecule has 196 valence electrons. The zero-order valence-electron chi connectivity index (χ0n) is 23.0. The first-order chi connectivity index (χ1) is 16.8. The summed E-state index contributed by atoms with van der Waals surface area (Å²) < 4.78 is 10.5. The minimum Gasteiger partial charge on any atom is -0.461 e. The van der Waals surface area contributed by atoms with Gasteiger partial charge >= 0.3 is 5.97 Å². The highest BCUT2D eigenvalue weighted by molar-refractivity contribution is 5.87. The Morgan fingerprint density at radius 3 is 2.66 bits per heavy atom. The molecule has 0 aliphatic heterocycles. The second-order valence-corrected chi connectivity index (χ2v) is 13.3. The number of aromatic nitrogens is 1. The zero-order chi connectivity index (χ0) is 24.8. The van der Waals surface area contributed by atoms with E-state index in [0.717, 1.165) is 54.1 Å². The molecule has 5 rings (SSSR count). The standard InChI is InChI=1S/C31H49NO3/c1-6-21-18-23-26-14-13-24(20(3)11-12-22-19-28(32-35-22)29(33)34-7-2)31(26,5)17-15-27(23)30(4)16-9-8-10-25(21)30/h19-21,23-27H,6-18H2,1-5H3/t20-,21+,23+,24-,25+,26+,27+,30+,31-/m1/s1. The summed E-state index contributed by atoms with van der Waals surface area (Å²) in [5, 5.41) is 3.94. The van der Waals surface area contributed by atoms with E-state index in [1.54, 1.807) is 6.07 Å². The van der Waals surface area contributed by atoms with E-state index >= 15 is 0 Å². The molecule has 0 aromatic carbocycles. The van der Waals surface area contributed by atoms with E-state index in [4.69, 9.17) is 9.26 Å². The van der Waals surface area contributed by atoms with Crippen LogP contribution in [0.1, 0.15) is 121 Å². The van der Waals surface area contributed by atoms with Gasteiger partial charge < -0.3 is 9.26 Å². The Morgan fingerprint density at radius 2 is 1.89 bits per heavy atom. The number of carbonyl (C=O) groups is 1. The predicted molar refractivity (Wildman–Crippen MR) is 139 cm³/mol.